The Morgan fingerprint density at radius 3 is 2.81 bits per heavy atom. The molecule has 0 aromatic carbocycles. The Bertz CT molecular complexity index is 1120. The molecule has 0 saturated carbocycles. The number of nitrogens with one attached hydrogen (secondary N) is 2. The average molecular weight is 428 g/mol. The lowest BCUT2D eigenvalue weighted by Gasteiger charge is -2.08. The number of rotatable bonds is 6. The topological polar surface area (TPSA) is 134 Å². The number of hydrogen-bond acceptors (Lipinski definition) is 8. The van der Waals surface area contributed by atoms with Gasteiger partial charge in [0.2, 0.25) is 15.9 Å². The maximum absolute atomic E-state index is 11.6. The van der Waals surface area contributed by atoms with Gasteiger partial charge in [-0.05, 0) is 18.2 Å². The van der Waals surface area contributed by atoms with Crippen molar-refractivity contribution in [3.8, 4) is 11.3 Å². The zero-order valence-corrected chi connectivity index (χ0v) is 16.3. The number of halogens is 1. The average Bonchev–Trinajstić information content (AvgIpc) is 2.97. The van der Waals surface area contributed by atoms with Gasteiger partial charge < -0.3 is 10.4 Å². The predicted molar refractivity (Wildman–Crippen MR) is 104 cm³/mol. The zero-order valence-electron chi connectivity index (χ0n) is 13.9. The van der Waals surface area contributed by atoms with Crippen molar-refractivity contribution in [1.82, 2.24) is 15.0 Å². The molecule has 12 heteroatoms. The van der Waals surface area contributed by atoms with Gasteiger partial charge in [-0.2, -0.15) is 0 Å². The van der Waals surface area contributed by atoms with Gasteiger partial charge in [0.25, 0.3) is 0 Å². The van der Waals surface area contributed by atoms with E-state index >= 15 is 0 Å². The molecule has 1 amide bonds. The number of carbonyl (C=O) groups excluding carboxylic acids is 1. The minimum absolute atomic E-state index is 0.0127. The molecule has 0 spiro atoms. The molecule has 9 nitrogen and oxygen atoms in total. The van der Waals surface area contributed by atoms with Crippen molar-refractivity contribution in [2.24, 2.45) is 0 Å². The Balaban J connectivity index is 1.93. The Labute approximate surface area is 163 Å². The van der Waals surface area contributed by atoms with Gasteiger partial charge in [-0.1, -0.05) is 22.9 Å². The highest BCUT2D eigenvalue weighted by Gasteiger charge is 2.13. The maximum Gasteiger partial charge on any atom is 0.229 e. The minimum Gasteiger partial charge on any atom is -0.396 e. The van der Waals surface area contributed by atoms with Crippen LogP contribution in [0.2, 0.25) is 5.15 Å². The number of fused-ring (bicyclic) bond motifs is 1. The predicted octanol–water partition coefficient (Wildman–Crippen LogP) is 2.10. The molecule has 3 aromatic rings. The molecule has 0 aliphatic heterocycles. The van der Waals surface area contributed by atoms with Crippen LogP contribution in [0.15, 0.2) is 24.4 Å². The molecule has 0 fully saturated rings. The molecule has 27 heavy (non-hydrogen) atoms. The van der Waals surface area contributed by atoms with E-state index in [1.54, 1.807) is 12.1 Å². The molecule has 0 radical (unpaired) electrons. The van der Waals surface area contributed by atoms with Crippen molar-refractivity contribution >= 4 is 60.0 Å². The molecule has 3 rings (SSSR count). The number of aromatic nitrogens is 3. The van der Waals surface area contributed by atoms with Gasteiger partial charge in [0, 0.05) is 11.8 Å². The molecular formula is C15H14ClN5O4S2. The van der Waals surface area contributed by atoms with Crippen molar-refractivity contribution in [3.63, 3.8) is 0 Å². The van der Waals surface area contributed by atoms with Crippen LogP contribution in [0.5, 0.6) is 0 Å². The van der Waals surface area contributed by atoms with Gasteiger partial charge in [-0.15, -0.1) is 0 Å². The maximum atomic E-state index is 11.6. The van der Waals surface area contributed by atoms with Crippen molar-refractivity contribution in [2.45, 2.75) is 6.42 Å². The number of sulfonamides is 1. The fraction of sp³-hybridized carbons (Fsp3) is 0.200. The van der Waals surface area contributed by atoms with Crippen LogP contribution in [-0.4, -0.2) is 47.2 Å². The number of aliphatic hydroxyl groups is 1. The summed E-state index contributed by atoms with van der Waals surface area (Å²) in [5, 5.41) is 11.8. The van der Waals surface area contributed by atoms with E-state index in [1.807, 2.05) is 0 Å². The molecule has 0 bridgehead atoms. The first-order valence-corrected chi connectivity index (χ1v) is 10.7. The van der Waals surface area contributed by atoms with Gasteiger partial charge in [-0.25, -0.2) is 23.4 Å². The summed E-state index contributed by atoms with van der Waals surface area (Å²) in [6.45, 7) is -0.244. The Morgan fingerprint density at radius 2 is 2.11 bits per heavy atom. The van der Waals surface area contributed by atoms with Gasteiger partial charge in [0.15, 0.2) is 10.3 Å². The number of nitrogens with zero attached hydrogens (tertiary/aromatic N) is 3. The highest BCUT2D eigenvalue weighted by atomic mass is 35.5. The van der Waals surface area contributed by atoms with Gasteiger partial charge >= 0.3 is 0 Å². The number of pyridine rings is 2. The first-order valence-electron chi connectivity index (χ1n) is 7.57. The Kier molecular flexibility index (Phi) is 5.56. The first kappa shape index (κ1) is 19.4. The van der Waals surface area contributed by atoms with Crippen LogP contribution in [0, 0.1) is 0 Å². The van der Waals surface area contributed by atoms with E-state index in [9.17, 15) is 13.2 Å². The highest BCUT2D eigenvalue weighted by Crippen LogP contribution is 2.30. The van der Waals surface area contributed by atoms with Crippen LogP contribution in [-0.2, 0) is 14.8 Å². The summed E-state index contributed by atoms with van der Waals surface area (Å²) in [7, 11) is -3.51. The second kappa shape index (κ2) is 7.72. The summed E-state index contributed by atoms with van der Waals surface area (Å²) < 4.78 is 25.2. The minimum atomic E-state index is -3.51. The molecule has 0 atom stereocenters. The van der Waals surface area contributed by atoms with Gasteiger partial charge in [0.05, 0.1) is 30.7 Å². The summed E-state index contributed by atoms with van der Waals surface area (Å²) in [5.74, 6) is -0.338. The number of anilines is 2. The summed E-state index contributed by atoms with van der Waals surface area (Å²) in [6.07, 6.45) is 2.49. The van der Waals surface area contributed by atoms with Crippen LogP contribution in [0.1, 0.15) is 6.42 Å². The van der Waals surface area contributed by atoms with Crippen molar-refractivity contribution < 1.29 is 18.3 Å². The molecular weight excluding hydrogens is 414 g/mol. The zero-order chi connectivity index (χ0) is 19.6. The first-order chi connectivity index (χ1) is 12.7. The number of thiazole rings is 1. The van der Waals surface area contributed by atoms with E-state index in [-0.39, 0.29) is 29.8 Å². The molecule has 0 saturated heterocycles. The van der Waals surface area contributed by atoms with Crippen molar-refractivity contribution in [1.29, 1.82) is 0 Å². The van der Waals surface area contributed by atoms with E-state index in [0.717, 1.165) is 6.26 Å². The summed E-state index contributed by atoms with van der Waals surface area (Å²) in [4.78, 5) is 24.9. The van der Waals surface area contributed by atoms with E-state index in [1.165, 1.54) is 23.6 Å². The molecule has 0 aliphatic rings. The molecule has 0 aliphatic carbocycles. The largest absolute Gasteiger partial charge is 0.396 e. The van der Waals surface area contributed by atoms with Crippen LogP contribution in [0.4, 0.5) is 10.8 Å². The lowest BCUT2D eigenvalue weighted by Crippen LogP contribution is -2.12. The summed E-state index contributed by atoms with van der Waals surface area (Å²) in [5.41, 5.74) is 1.85. The third kappa shape index (κ3) is 4.89. The van der Waals surface area contributed by atoms with Gasteiger partial charge in [0.1, 0.15) is 10.3 Å². The number of carbonyl (C=O) groups is 1. The van der Waals surface area contributed by atoms with E-state index < -0.39 is 10.0 Å². The quantitative estimate of drug-likeness (QED) is 0.512. The van der Waals surface area contributed by atoms with Crippen molar-refractivity contribution in [3.05, 3.63) is 29.5 Å². The van der Waals surface area contributed by atoms with Crippen LogP contribution >= 0.6 is 22.9 Å². The normalized spacial score (nSPS) is 11.5. The highest BCUT2D eigenvalue weighted by molar-refractivity contribution is 7.92. The standard InChI is InChI=1S/C15H14ClN5O4S2/c1-27(24,25)21-11-6-8(7-17-13(11)16)9-2-3-10-14(18-9)26-15(19-10)20-12(23)4-5-22/h2-3,6-7,21-22H,4-5H2,1H3,(H,19,20,23). The Morgan fingerprint density at radius 1 is 1.33 bits per heavy atom. The Hall–Kier alpha value is -2.34. The van der Waals surface area contributed by atoms with Crippen LogP contribution in [0.3, 0.4) is 0 Å². The fourth-order valence-corrected chi connectivity index (χ4v) is 3.79. The van der Waals surface area contributed by atoms with Crippen molar-refractivity contribution in [2.75, 3.05) is 22.9 Å². The third-order valence-corrected chi connectivity index (χ3v) is 5.04. The monoisotopic (exact) mass is 427 g/mol. The van der Waals surface area contributed by atoms with E-state index in [2.05, 4.69) is 25.0 Å². The van der Waals surface area contributed by atoms with Crippen LogP contribution < -0.4 is 10.0 Å². The fourth-order valence-electron chi connectivity index (χ4n) is 2.17. The van der Waals surface area contributed by atoms with E-state index in [4.69, 9.17) is 16.7 Å². The SMILES string of the molecule is CS(=O)(=O)Nc1cc(-c2ccc3nc(NC(=O)CCO)sc3n2)cnc1Cl. The van der Waals surface area contributed by atoms with Gasteiger partial charge in [-0.3, -0.25) is 9.52 Å². The lowest BCUT2D eigenvalue weighted by molar-refractivity contribution is -0.116. The molecule has 3 aromatic heterocycles. The summed E-state index contributed by atoms with van der Waals surface area (Å²) in [6, 6.07) is 4.97. The molecule has 0 unspecified atom stereocenters. The molecule has 142 valence electrons. The lowest BCUT2D eigenvalue weighted by atomic mass is 10.2. The number of hydrogen-bond donors (Lipinski definition) is 3. The van der Waals surface area contributed by atoms with Crippen LogP contribution in [0.25, 0.3) is 21.6 Å². The number of aliphatic hydroxyl groups excluding tert-OH is 1. The molecule has 3 N–H and O–H groups in total. The second-order valence-corrected chi connectivity index (χ2v) is 8.58. The third-order valence-electron chi connectivity index (χ3n) is 3.27. The van der Waals surface area contributed by atoms with E-state index in [0.29, 0.717) is 26.7 Å². The number of amides is 1. The second-order valence-electron chi connectivity index (χ2n) is 5.50. The smallest absolute Gasteiger partial charge is 0.229 e. The summed E-state index contributed by atoms with van der Waals surface area (Å²) >= 11 is 7.12. The molecule has 3 heterocycles.